The van der Waals surface area contributed by atoms with E-state index < -0.39 is 5.54 Å². The summed E-state index contributed by atoms with van der Waals surface area (Å²) in [5.41, 5.74) is 13.5. The molecule has 6 heteroatoms. The molecule has 2 aromatic carbocycles. The minimum absolute atomic E-state index is 0.260. The van der Waals surface area contributed by atoms with Gasteiger partial charge < -0.3 is 16.2 Å². The highest BCUT2D eigenvalue weighted by molar-refractivity contribution is 7.20. The van der Waals surface area contributed by atoms with Crippen molar-refractivity contribution in [2.45, 2.75) is 37.6 Å². The summed E-state index contributed by atoms with van der Waals surface area (Å²) in [6, 6.07) is 16.0. The summed E-state index contributed by atoms with van der Waals surface area (Å²) in [6.07, 6.45) is 4.04. The maximum Gasteiger partial charge on any atom is 0.279 e. The monoisotopic (exact) mass is 381 g/mol. The van der Waals surface area contributed by atoms with Crippen LogP contribution >= 0.6 is 11.3 Å². The molecule has 3 aromatic rings. The average molecular weight is 382 g/mol. The standard InChI is InChI=1S/C21H23N3O2S/c22-19(25)13-21(23,15-7-8-15)12-11-14-5-9-16(10-6-14)26-20-24-17-3-1-2-4-18(17)27-20/h1-6,9-10,15H,7-8,11-13,23H2,(H2,22,25). The van der Waals surface area contributed by atoms with Crippen LogP contribution in [-0.2, 0) is 11.2 Å². The third-order valence-corrected chi connectivity index (χ3v) is 6.09. The molecule has 1 aliphatic rings. The number of nitrogens with two attached hydrogens (primary N) is 2. The van der Waals surface area contributed by atoms with Crippen LogP contribution in [-0.4, -0.2) is 16.4 Å². The summed E-state index contributed by atoms with van der Waals surface area (Å²) in [4.78, 5) is 15.9. The minimum Gasteiger partial charge on any atom is -0.431 e. The van der Waals surface area contributed by atoms with E-state index in [-0.39, 0.29) is 12.3 Å². The lowest BCUT2D eigenvalue weighted by Gasteiger charge is -2.28. The van der Waals surface area contributed by atoms with Gasteiger partial charge in [-0.15, -0.1) is 0 Å². The fraction of sp³-hybridized carbons (Fsp3) is 0.333. The lowest BCUT2D eigenvalue weighted by atomic mass is 9.84. The molecule has 0 bridgehead atoms. The highest BCUT2D eigenvalue weighted by atomic mass is 32.1. The van der Waals surface area contributed by atoms with Crippen molar-refractivity contribution >= 4 is 27.5 Å². The predicted molar refractivity (Wildman–Crippen MR) is 108 cm³/mol. The first kappa shape index (κ1) is 17.9. The van der Waals surface area contributed by atoms with Crippen molar-refractivity contribution in [1.82, 2.24) is 4.98 Å². The van der Waals surface area contributed by atoms with E-state index >= 15 is 0 Å². The number of aryl methyl sites for hydroxylation is 1. The van der Waals surface area contributed by atoms with E-state index in [2.05, 4.69) is 4.98 Å². The Hall–Kier alpha value is -2.44. The van der Waals surface area contributed by atoms with Gasteiger partial charge in [0.05, 0.1) is 10.2 Å². The van der Waals surface area contributed by atoms with E-state index in [1.54, 1.807) is 0 Å². The zero-order valence-corrected chi connectivity index (χ0v) is 15.9. The molecule has 5 nitrogen and oxygen atoms in total. The number of ether oxygens (including phenoxy) is 1. The van der Waals surface area contributed by atoms with Crippen LogP contribution in [0.15, 0.2) is 48.5 Å². The van der Waals surface area contributed by atoms with Crippen molar-refractivity contribution in [3.8, 4) is 10.9 Å². The number of nitrogens with zero attached hydrogens (tertiary/aromatic N) is 1. The number of rotatable bonds is 8. The summed E-state index contributed by atoms with van der Waals surface area (Å²) in [6.45, 7) is 0. The summed E-state index contributed by atoms with van der Waals surface area (Å²) in [5.74, 6) is 0.867. The Labute approximate surface area is 162 Å². The topological polar surface area (TPSA) is 91.2 Å². The molecule has 1 saturated carbocycles. The molecular formula is C21H23N3O2S. The van der Waals surface area contributed by atoms with Gasteiger partial charge in [0.15, 0.2) is 0 Å². The quantitative estimate of drug-likeness (QED) is 0.617. The van der Waals surface area contributed by atoms with Gasteiger partial charge >= 0.3 is 0 Å². The van der Waals surface area contributed by atoms with Crippen molar-refractivity contribution in [3.05, 3.63) is 54.1 Å². The zero-order valence-electron chi connectivity index (χ0n) is 15.1. The molecule has 0 aliphatic heterocycles. The number of aromatic nitrogens is 1. The van der Waals surface area contributed by atoms with Crippen LogP contribution in [0, 0.1) is 5.92 Å². The largest absolute Gasteiger partial charge is 0.431 e. The van der Waals surface area contributed by atoms with Gasteiger partial charge in [0, 0.05) is 12.0 Å². The van der Waals surface area contributed by atoms with Crippen LogP contribution in [0.4, 0.5) is 0 Å². The van der Waals surface area contributed by atoms with Gasteiger partial charge in [-0.2, -0.15) is 0 Å². The molecule has 4 N–H and O–H groups in total. The van der Waals surface area contributed by atoms with Gasteiger partial charge in [0.2, 0.25) is 5.91 Å². The number of amides is 1. The van der Waals surface area contributed by atoms with E-state index in [0.717, 1.165) is 41.6 Å². The van der Waals surface area contributed by atoms with Crippen molar-refractivity contribution in [2.24, 2.45) is 17.4 Å². The van der Waals surface area contributed by atoms with Crippen LogP contribution in [0.2, 0.25) is 0 Å². The lowest BCUT2D eigenvalue weighted by Crippen LogP contribution is -2.46. The van der Waals surface area contributed by atoms with E-state index in [4.69, 9.17) is 16.2 Å². The normalized spacial score (nSPS) is 16.2. The Morgan fingerprint density at radius 1 is 1.19 bits per heavy atom. The number of carbonyl (C=O) groups excluding carboxylic acids is 1. The summed E-state index contributed by atoms with van der Waals surface area (Å²) in [7, 11) is 0. The van der Waals surface area contributed by atoms with Crippen LogP contribution < -0.4 is 16.2 Å². The number of benzene rings is 2. The molecule has 27 heavy (non-hydrogen) atoms. The van der Waals surface area contributed by atoms with Crippen LogP contribution in [0.5, 0.6) is 10.9 Å². The summed E-state index contributed by atoms with van der Waals surface area (Å²) >= 11 is 1.53. The fourth-order valence-corrected chi connectivity index (χ4v) is 4.35. The van der Waals surface area contributed by atoms with Crippen LogP contribution in [0.3, 0.4) is 0 Å². The first-order valence-corrected chi connectivity index (χ1v) is 10.0. The lowest BCUT2D eigenvalue weighted by molar-refractivity contribution is -0.119. The van der Waals surface area contributed by atoms with Gasteiger partial charge in [-0.3, -0.25) is 4.79 Å². The highest BCUT2D eigenvalue weighted by Crippen LogP contribution is 2.42. The Morgan fingerprint density at radius 3 is 2.59 bits per heavy atom. The first-order valence-electron chi connectivity index (χ1n) is 9.21. The van der Waals surface area contributed by atoms with Crippen molar-refractivity contribution in [2.75, 3.05) is 0 Å². The van der Waals surface area contributed by atoms with Gasteiger partial charge in [-0.1, -0.05) is 35.6 Å². The molecule has 0 saturated heterocycles. The molecule has 1 heterocycles. The first-order chi connectivity index (χ1) is 13.0. The second kappa shape index (κ2) is 7.29. The second-order valence-electron chi connectivity index (χ2n) is 7.34. The molecule has 1 aliphatic carbocycles. The molecular weight excluding hydrogens is 358 g/mol. The molecule has 140 valence electrons. The molecule has 1 unspecified atom stereocenters. The van der Waals surface area contributed by atoms with Gasteiger partial charge in [-0.05, 0) is 61.4 Å². The third-order valence-electron chi connectivity index (χ3n) is 5.18. The second-order valence-corrected chi connectivity index (χ2v) is 8.34. The number of hydrogen-bond acceptors (Lipinski definition) is 5. The minimum atomic E-state index is -0.470. The van der Waals surface area contributed by atoms with Gasteiger partial charge in [0.1, 0.15) is 5.75 Å². The predicted octanol–water partition coefficient (Wildman–Crippen LogP) is 4.00. The molecule has 1 fully saturated rings. The van der Waals surface area contributed by atoms with E-state index in [9.17, 15) is 4.79 Å². The molecule has 1 aromatic heterocycles. The van der Waals surface area contributed by atoms with Gasteiger partial charge in [-0.25, -0.2) is 4.98 Å². The number of fused-ring (bicyclic) bond motifs is 1. The van der Waals surface area contributed by atoms with Crippen molar-refractivity contribution in [3.63, 3.8) is 0 Å². The fourth-order valence-electron chi connectivity index (χ4n) is 3.52. The van der Waals surface area contributed by atoms with Gasteiger partial charge in [0.25, 0.3) is 5.19 Å². The number of thiazole rings is 1. The molecule has 0 spiro atoms. The number of primary amides is 1. The Bertz CT molecular complexity index is 916. The highest BCUT2D eigenvalue weighted by Gasteiger charge is 2.42. The maximum absolute atomic E-state index is 11.4. The summed E-state index contributed by atoms with van der Waals surface area (Å²) in [5, 5.41) is 0.639. The van der Waals surface area contributed by atoms with Crippen LogP contribution in [0.1, 0.15) is 31.2 Å². The van der Waals surface area contributed by atoms with Crippen molar-refractivity contribution in [1.29, 1.82) is 0 Å². The number of hydrogen-bond donors (Lipinski definition) is 2. The van der Waals surface area contributed by atoms with E-state index in [1.807, 2.05) is 48.5 Å². The van der Waals surface area contributed by atoms with E-state index in [0.29, 0.717) is 11.1 Å². The molecule has 4 rings (SSSR count). The smallest absolute Gasteiger partial charge is 0.279 e. The zero-order chi connectivity index (χ0) is 18.9. The molecule has 1 amide bonds. The number of carbonyl (C=O) groups is 1. The third kappa shape index (κ3) is 4.28. The Morgan fingerprint density at radius 2 is 1.93 bits per heavy atom. The number of para-hydroxylation sites is 1. The van der Waals surface area contributed by atoms with E-state index in [1.165, 1.54) is 16.9 Å². The van der Waals surface area contributed by atoms with Crippen LogP contribution in [0.25, 0.3) is 10.2 Å². The van der Waals surface area contributed by atoms with Crippen molar-refractivity contribution < 1.29 is 9.53 Å². The Balaban J connectivity index is 1.39. The average Bonchev–Trinajstić information content (AvgIpc) is 3.42. The SMILES string of the molecule is NC(=O)CC(N)(CCc1ccc(Oc2nc3ccccc3s2)cc1)C1CC1. The molecule has 0 radical (unpaired) electrons. The molecule has 1 atom stereocenters. The Kier molecular flexibility index (Phi) is 4.85. The summed E-state index contributed by atoms with van der Waals surface area (Å²) < 4.78 is 7.00. The maximum atomic E-state index is 11.4.